The first-order valence-electron chi connectivity index (χ1n) is 23.9. The average Bonchev–Trinajstić information content (AvgIpc) is 3.86. The molecule has 2 aliphatic heterocycles. The van der Waals surface area contributed by atoms with Gasteiger partial charge in [-0.3, -0.25) is 0 Å². The topological polar surface area (TPSA) is 21.3 Å². The van der Waals surface area contributed by atoms with Crippen LogP contribution in [-0.2, 0) is 27.1 Å². The number of fused-ring (bicyclic) bond motifs is 16. The maximum Gasteiger partial charge on any atom is 0.333 e. The van der Waals surface area contributed by atoms with Crippen molar-refractivity contribution in [1.29, 1.82) is 0 Å². The van der Waals surface area contributed by atoms with E-state index in [0.717, 1.165) is 11.2 Å². The summed E-state index contributed by atoms with van der Waals surface area (Å²) in [5.74, 6) is 0. The van der Waals surface area contributed by atoms with Gasteiger partial charge in [0.15, 0.2) is 0 Å². The molecule has 4 heterocycles. The number of hydrogen-bond donors (Lipinski definition) is 0. The van der Waals surface area contributed by atoms with Crippen molar-refractivity contribution >= 4 is 72.9 Å². The maximum absolute atomic E-state index is 7.26. The van der Waals surface area contributed by atoms with E-state index in [-0.39, 0.29) is 33.9 Å². The highest BCUT2D eigenvalue weighted by atomic mass is 16.3. The van der Waals surface area contributed by atoms with Crippen LogP contribution >= 0.6 is 0 Å². The quantitative estimate of drug-likeness (QED) is 0.154. The molecule has 1 aliphatic carbocycles. The highest BCUT2D eigenvalue weighted by molar-refractivity contribution is 6.94. The Morgan fingerprint density at radius 3 is 1.80 bits per heavy atom. The monoisotopic (exact) mass is 848 g/mol. The van der Waals surface area contributed by atoms with Gasteiger partial charge in [0.2, 0.25) is 0 Å². The molecule has 9 aromatic rings. The molecule has 324 valence electrons. The van der Waals surface area contributed by atoms with Crippen LogP contribution in [0.5, 0.6) is 0 Å². The first kappa shape index (κ1) is 40.5. The van der Waals surface area contributed by atoms with Gasteiger partial charge >= 0.3 is 6.85 Å². The fraction of sp³-hybridized carbons (Fsp3) is 0.311. The summed E-state index contributed by atoms with van der Waals surface area (Å²) < 4.78 is 9.87. The van der Waals surface area contributed by atoms with Crippen molar-refractivity contribution in [3.05, 3.63) is 149 Å². The van der Waals surface area contributed by atoms with Gasteiger partial charge in [-0.05, 0) is 131 Å². The minimum atomic E-state index is -0.206. The molecule has 3 aliphatic rings. The minimum Gasteiger partial charge on any atom is -0.455 e. The van der Waals surface area contributed by atoms with Gasteiger partial charge in [-0.15, -0.1) is 0 Å². The average molecular weight is 849 g/mol. The van der Waals surface area contributed by atoms with E-state index in [4.69, 9.17) is 4.42 Å². The summed E-state index contributed by atoms with van der Waals surface area (Å²) in [6, 6.07) is 45.3. The molecule has 3 nitrogen and oxygen atoms in total. The summed E-state index contributed by atoms with van der Waals surface area (Å²) in [7, 11) is 0. The van der Waals surface area contributed by atoms with Crippen molar-refractivity contribution in [2.75, 3.05) is 4.81 Å². The highest BCUT2D eigenvalue weighted by Crippen LogP contribution is 2.57. The molecule has 0 bridgehead atoms. The summed E-state index contributed by atoms with van der Waals surface area (Å²) >= 11 is 0. The zero-order valence-corrected chi connectivity index (χ0v) is 40.8. The number of aromatic nitrogens is 1. The van der Waals surface area contributed by atoms with Gasteiger partial charge in [0, 0.05) is 44.2 Å². The third-order valence-electron chi connectivity index (χ3n) is 15.6. The van der Waals surface area contributed by atoms with E-state index < -0.39 is 0 Å². The predicted molar refractivity (Wildman–Crippen MR) is 279 cm³/mol. The minimum absolute atomic E-state index is 0.0267. The second-order valence-electron chi connectivity index (χ2n) is 24.3. The molecular formula is C61H61BN2O. The third kappa shape index (κ3) is 5.49. The number of benzene rings is 7. The van der Waals surface area contributed by atoms with Crippen molar-refractivity contribution < 1.29 is 4.42 Å². The molecule has 12 rings (SSSR count). The summed E-state index contributed by atoms with van der Waals surface area (Å²) in [5.41, 5.74) is 24.0. The molecule has 0 fully saturated rings. The summed E-state index contributed by atoms with van der Waals surface area (Å²) in [5, 5.41) is 4.85. The number of furan rings is 1. The van der Waals surface area contributed by atoms with E-state index in [2.05, 4.69) is 222 Å². The van der Waals surface area contributed by atoms with E-state index in [1.807, 2.05) is 0 Å². The van der Waals surface area contributed by atoms with Gasteiger partial charge in [0.25, 0.3) is 0 Å². The van der Waals surface area contributed by atoms with Gasteiger partial charge in [-0.25, -0.2) is 0 Å². The summed E-state index contributed by atoms with van der Waals surface area (Å²) in [6.07, 6.45) is 0. The smallest absolute Gasteiger partial charge is 0.333 e. The lowest BCUT2D eigenvalue weighted by molar-refractivity contribution is 0.584. The lowest BCUT2D eigenvalue weighted by atomic mass is 9.43. The first-order chi connectivity index (χ1) is 30.5. The molecule has 2 aromatic heterocycles. The maximum atomic E-state index is 7.26. The highest BCUT2D eigenvalue weighted by Gasteiger charge is 2.48. The Morgan fingerprint density at radius 2 is 1.11 bits per heavy atom. The van der Waals surface area contributed by atoms with Crippen LogP contribution < -0.4 is 15.7 Å². The van der Waals surface area contributed by atoms with Crippen LogP contribution in [0.3, 0.4) is 0 Å². The molecule has 7 aromatic carbocycles. The Kier molecular flexibility index (Phi) is 7.89. The van der Waals surface area contributed by atoms with Crippen molar-refractivity contribution in [2.24, 2.45) is 0 Å². The number of hydrogen-bond acceptors (Lipinski definition) is 2. The number of para-hydroxylation sites is 1. The lowest BCUT2D eigenvalue weighted by Gasteiger charge is -2.43. The van der Waals surface area contributed by atoms with E-state index in [1.54, 1.807) is 0 Å². The van der Waals surface area contributed by atoms with Crippen LogP contribution in [0, 0.1) is 0 Å². The van der Waals surface area contributed by atoms with Gasteiger partial charge in [0.1, 0.15) is 11.2 Å². The molecule has 0 amide bonds. The Hall–Kier alpha value is -6.00. The second kappa shape index (κ2) is 12.7. The van der Waals surface area contributed by atoms with Crippen LogP contribution in [0.15, 0.2) is 120 Å². The molecule has 0 spiro atoms. The lowest BCUT2D eigenvalue weighted by Crippen LogP contribution is -2.60. The van der Waals surface area contributed by atoms with E-state index >= 15 is 0 Å². The molecule has 0 radical (unpaired) electrons. The van der Waals surface area contributed by atoms with Crippen LogP contribution in [0.2, 0.25) is 0 Å². The van der Waals surface area contributed by atoms with Gasteiger partial charge in [0.05, 0.1) is 16.4 Å². The van der Waals surface area contributed by atoms with Gasteiger partial charge in [-0.2, -0.15) is 0 Å². The molecule has 4 heteroatoms. The van der Waals surface area contributed by atoms with Crippen LogP contribution in [0.4, 0.5) is 11.4 Å². The number of rotatable bonds is 1. The van der Waals surface area contributed by atoms with Crippen LogP contribution in [0.1, 0.15) is 130 Å². The molecule has 65 heavy (non-hydrogen) atoms. The number of nitrogens with zero attached hydrogens (tertiary/aromatic N) is 2. The van der Waals surface area contributed by atoms with Gasteiger partial charge < -0.3 is 13.8 Å². The summed E-state index contributed by atoms with van der Waals surface area (Å²) in [4.78, 5) is 2.72. The fourth-order valence-electron chi connectivity index (χ4n) is 11.8. The van der Waals surface area contributed by atoms with Gasteiger partial charge in [-0.1, -0.05) is 164 Å². The zero-order valence-electron chi connectivity index (χ0n) is 40.8. The van der Waals surface area contributed by atoms with Crippen molar-refractivity contribution in [3.8, 4) is 27.9 Å². The Bertz CT molecular complexity index is 3550. The molecule has 0 unspecified atom stereocenters. The molecule has 0 atom stereocenters. The fourth-order valence-corrected chi connectivity index (χ4v) is 11.8. The molecule has 0 saturated carbocycles. The van der Waals surface area contributed by atoms with Crippen molar-refractivity contribution in [3.63, 3.8) is 0 Å². The summed E-state index contributed by atoms with van der Waals surface area (Å²) in [6.45, 7) is 32.7. The predicted octanol–water partition coefficient (Wildman–Crippen LogP) is 15.4. The van der Waals surface area contributed by atoms with E-state index in [0.29, 0.717) is 0 Å². The Balaban J connectivity index is 1.31. The van der Waals surface area contributed by atoms with E-state index in [1.165, 1.54) is 116 Å². The molecule has 0 saturated heterocycles. The van der Waals surface area contributed by atoms with Crippen molar-refractivity contribution in [2.45, 2.75) is 124 Å². The molecule has 0 N–H and O–H groups in total. The molecular weight excluding hydrogens is 787 g/mol. The first-order valence-corrected chi connectivity index (χ1v) is 23.9. The Labute approximate surface area is 385 Å². The largest absolute Gasteiger partial charge is 0.455 e. The van der Waals surface area contributed by atoms with E-state index in [9.17, 15) is 0 Å². The SMILES string of the molecule is CC(C)(C)c1ccc(N2B3c4cc(C(C)(C)C)ccc4-n4c5ccc(C(C)(C)C)cc5c5c6oc7ccccc7c6c(c3c54)-c3cc4c(cc32)-c2ccc(C(C)(C)C)cc2C4(C)C)cc1. The second-order valence-corrected chi connectivity index (χ2v) is 24.3. The third-order valence-corrected chi connectivity index (χ3v) is 15.6. The normalized spacial score (nSPS) is 15.3. The Morgan fingerprint density at radius 1 is 0.508 bits per heavy atom. The van der Waals surface area contributed by atoms with Crippen LogP contribution in [0.25, 0.3) is 71.7 Å². The van der Waals surface area contributed by atoms with Crippen molar-refractivity contribution in [1.82, 2.24) is 4.57 Å². The zero-order chi connectivity index (χ0) is 45.7. The standard InChI is InChI=1S/C61H61BN2O/c1-57(2,3)34-19-24-38(25-20-34)64-49-33-41-39-26-21-36(59(7,8)9)30-44(39)61(13,14)45(41)32-43(49)51-52-40-17-15-16-18-50(40)65-56(52)53-42-29-35(58(4,5)6)22-27-47(42)63-48-28-23-37(60(10,11)12)31-46(48)62(64)54(51)55(53)63/h15-33H,1-14H3. The number of anilines is 2. The van der Waals surface area contributed by atoms with Crippen LogP contribution in [-0.4, -0.2) is 11.4 Å².